The molecule has 5 nitrogen and oxygen atoms in total. The molecule has 1 aromatic rings. The molecule has 1 aromatic carbocycles. The summed E-state index contributed by atoms with van der Waals surface area (Å²) in [6, 6.07) is 4.82. The average Bonchev–Trinajstić information content (AvgIpc) is 2.27. The highest BCUT2D eigenvalue weighted by molar-refractivity contribution is 9.11. The van der Waals surface area contributed by atoms with E-state index in [1.54, 1.807) is 19.1 Å². The van der Waals surface area contributed by atoms with Gasteiger partial charge in [0.2, 0.25) is 10.0 Å². The quantitative estimate of drug-likeness (QED) is 0.856. The number of hydrogen-bond acceptors (Lipinski definition) is 3. The Morgan fingerprint density at radius 2 is 2.05 bits per heavy atom. The lowest BCUT2D eigenvalue weighted by Gasteiger charge is -2.10. The summed E-state index contributed by atoms with van der Waals surface area (Å²) in [4.78, 5) is 11.8. The number of rotatable bonds is 5. The Labute approximate surface area is 121 Å². The van der Waals surface area contributed by atoms with Gasteiger partial charge in [0, 0.05) is 16.6 Å². The molecule has 0 bridgehead atoms. The first-order valence-corrected chi connectivity index (χ1v) is 8.07. The molecule has 0 aromatic heterocycles. The third kappa shape index (κ3) is 5.44. The molecule has 0 atom stereocenters. The molecular formula is C12H15BrN2O3S. The Balaban J connectivity index is 2.95. The van der Waals surface area contributed by atoms with Crippen molar-refractivity contribution in [1.29, 1.82) is 0 Å². The number of anilines is 1. The molecule has 0 heterocycles. The lowest BCUT2D eigenvalue weighted by atomic mass is 10.1. The molecule has 1 rings (SSSR count). The normalized spacial score (nSPS) is 10.9. The zero-order chi connectivity index (χ0) is 14.6. The maximum absolute atomic E-state index is 11.8. The Morgan fingerprint density at radius 1 is 1.42 bits per heavy atom. The van der Waals surface area contributed by atoms with Crippen LogP contribution in [0.15, 0.2) is 29.3 Å². The van der Waals surface area contributed by atoms with Crippen molar-refractivity contribution < 1.29 is 13.2 Å². The first-order valence-electron chi connectivity index (χ1n) is 5.39. The van der Waals surface area contributed by atoms with E-state index in [1.807, 2.05) is 0 Å². The number of carbonyl (C=O) groups excluding carboxylic acids is 1. The molecule has 104 valence electrons. The van der Waals surface area contributed by atoms with Crippen LogP contribution in [0.1, 0.15) is 15.9 Å². The van der Waals surface area contributed by atoms with Gasteiger partial charge in [-0.2, -0.15) is 0 Å². The largest absolute Gasteiger partial charge is 0.347 e. The molecule has 0 fully saturated rings. The van der Waals surface area contributed by atoms with Gasteiger partial charge in [-0.05, 0) is 24.6 Å². The van der Waals surface area contributed by atoms with E-state index >= 15 is 0 Å². The predicted molar refractivity (Wildman–Crippen MR) is 80.0 cm³/mol. The van der Waals surface area contributed by atoms with Gasteiger partial charge < -0.3 is 5.32 Å². The minimum Gasteiger partial charge on any atom is -0.347 e. The van der Waals surface area contributed by atoms with Crippen molar-refractivity contribution >= 4 is 37.5 Å². The van der Waals surface area contributed by atoms with Gasteiger partial charge in [-0.3, -0.25) is 9.52 Å². The van der Waals surface area contributed by atoms with Crippen LogP contribution < -0.4 is 10.0 Å². The van der Waals surface area contributed by atoms with Crippen molar-refractivity contribution in [1.82, 2.24) is 5.32 Å². The van der Waals surface area contributed by atoms with E-state index < -0.39 is 10.0 Å². The van der Waals surface area contributed by atoms with E-state index in [9.17, 15) is 13.2 Å². The Hall–Kier alpha value is -1.34. The number of aryl methyl sites for hydroxylation is 1. The highest BCUT2D eigenvalue weighted by atomic mass is 79.9. The van der Waals surface area contributed by atoms with Crippen LogP contribution in [0.3, 0.4) is 0 Å². The van der Waals surface area contributed by atoms with E-state index in [-0.39, 0.29) is 5.91 Å². The van der Waals surface area contributed by atoms with E-state index in [1.165, 1.54) is 6.07 Å². The average molecular weight is 347 g/mol. The van der Waals surface area contributed by atoms with Crippen LogP contribution in [-0.2, 0) is 10.0 Å². The third-order valence-corrected chi connectivity index (χ3v) is 3.11. The minimum absolute atomic E-state index is 0.294. The standard InChI is InChI=1S/C12H15BrN2O3S/c1-8-4-5-10(12(16)14-7-9(2)13)6-11(8)15-19(3,17)18/h4-6,15H,2,7H2,1,3H3,(H,14,16). The molecule has 2 N–H and O–H groups in total. The first-order chi connectivity index (χ1) is 8.69. The second kappa shape index (κ2) is 6.21. The van der Waals surface area contributed by atoms with Gasteiger partial charge >= 0.3 is 0 Å². The fourth-order valence-corrected chi connectivity index (χ4v) is 2.11. The molecule has 1 amide bonds. The number of hydrogen-bond donors (Lipinski definition) is 2. The molecule has 7 heteroatoms. The zero-order valence-corrected chi connectivity index (χ0v) is 13.1. The third-order valence-electron chi connectivity index (χ3n) is 2.24. The molecular weight excluding hydrogens is 332 g/mol. The van der Waals surface area contributed by atoms with Gasteiger partial charge in [-0.15, -0.1) is 0 Å². The molecule has 0 aliphatic heterocycles. The van der Waals surface area contributed by atoms with Gasteiger partial charge in [0.25, 0.3) is 5.91 Å². The van der Waals surface area contributed by atoms with Gasteiger partial charge in [-0.25, -0.2) is 8.42 Å². The van der Waals surface area contributed by atoms with Gasteiger partial charge in [0.1, 0.15) is 0 Å². The van der Waals surface area contributed by atoms with E-state index in [0.29, 0.717) is 22.3 Å². The van der Waals surface area contributed by atoms with E-state index in [4.69, 9.17) is 0 Å². The Kier molecular flexibility index (Phi) is 5.13. The summed E-state index contributed by atoms with van der Waals surface area (Å²) in [6.07, 6.45) is 1.06. The predicted octanol–water partition coefficient (Wildman–Crippen LogP) is 2.00. The van der Waals surface area contributed by atoms with Crippen LogP contribution >= 0.6 is 15.9 Å². The van der Waals surface area contributed by atoms with E-state index in [2.05, 4.69) is 32.5 Å². The topological polar surface area (TPSA) is 75.3 Å². The van der Waals surface area contributed by atoms with Crippen LogP contribution in [0.4, 0.5) is 5.69 Å². The molecule has 0 radical (unpaired) electrons. The lowest BCUT2D eigenvalue weighted by molar-refractivity contribution is 0.0958. The highest BCUT2D eigenvalue weighted by Crippen LogP contribution is 2.18. The monoisotopic (exact) mass is 346 g/mol. The van der Waals surface area contributed by atoms with E-state index in [0.717, 1.165) is 11.8 Å². The summed E-state index contributed by atoms with van der Waals surface area (Å²) in [7, 11) is -3.37. The van der Waals surface area contributed by atoms with Crippen molar-refractivity contribution in [3.63, 3.8) is 0 Å². The molecule has 0 aliphatic carbocycles. The smallest absolute Gasteiger partial charge is 0.251 e. The van der Waals surface area contributed by atoms with Gasteiger partial charge in [0.15, 0.2) is 0 Å². The number of carbonyl (C=O) groups is 1. The number of halogens is 1. The van der Waals surface area contributed by atoms with Crippen LogP contribution in [0.5, 0.6) is 0 Å². The number of sulfonamides is 1. The molecule has 0 unspecified atom stereocenters. The van der Waals surface area contributed by atoms with Crippen molar-refractivity contribution in [2.24, 2.45) is 0 Å². The number of benzene rings is 1. The number of amides is 1. The number of nitrogens with one attached hydrogen (secondary N) is 2. The summed E-state index contributed by atoms with van der Waals surface area (Å²) in [5.41, 5.74) is 1.52. The van der Waals surface area contributed by atoms with Crippen LogP contribution in [0, 0.1) is 6.92 Å². The highest BCUT2D eigenvalue weighted by Gasteiger charge is 2.10. The molecule has 0 saturated heterocycles. The maximum atomic E-state index is 11.8. The summed E-state index contributed by atoms with van der Waals surface area (Å²) >= 11 is 3.14. The summed E-state index contributed by atoms with van der Waals surface area (Å²) in [5.74, 6) is -0.294. The molecule has 0 aliphatic rings. The molecule has 19 heavy (non-hydrogen) atoms. The van der Waals surface area contributed by atoms with Crippen LogP contribution in [0.2, 0.25) is 0 Å². The minimum atomic E-state index is -3.37. The summed E-state index contributed by atoms with van der Waals surface area (Å²) < 4.78 is 25.5. The second-order valence-corrected chi connectivity index (χ2v) is 6.97. The molecule has 0 saturated carbocycles. The second-order valence-electron chi connectivity index (χ2n) is 4.10. The summed E-state index contributed by atoms with van der Waals surface area (Å²) in [5, 5.41) is 2.65. The Morgan fingerprint density at radius 3 is 2.58 bits per heavy atom. The summed E-state index contributed by atoms with van der Waals surface area (Å²) in [6.45, 7) is 5.68. The van der Waals surface area contributed by atoms with Crippen LogP contribution in [0.25, 0.3) is 0 Å². The fraction of sp³-hybridized carbons (Fsp3) is 0.250. The van der Waals surface area contributed by atoms with Crippen LogP contribution in [-0.4, -0.2) is 27.1 Å². The fourth-order valence-electron chi connectivity index (χ4n) is 1.35. The van der Waals surface area contributed by atoms with Gasteiger partial charge in [-0.1, -0.05) is 28.6 Å². The van der Waals surface area contributed by atoms with Crippen molar-refractivity contribution in [2.45, 2.75) is 6.92 Å². The molecule has 0 spiro atoms. The van der Waals surface area contributed by atoms with Gasteiger partial charge in [0.05, 0.1) is 11.9 Å². The first kappa shape index (κ1) is 15.7. The van der Waals surface area contributed by atoms with Crippen molar-refractivity contribution in [3.05, 3.63) is 40.4 Å². The van der Waals surface area contributed by atoms with Crippen molar-refractivity contribution in [2.75, 3.05) is 17.5 Å². The zero-order valence-electron chi connectivity index (χ0n) is 10.7. The lowest BCUT2D eigenvalue weighted by Crippen LogP contribution is -2.24. The van der Waals surface area contributed by atoms with Crippen molar-refractivity contribution in [3.8, 4) is 0 Å². The Bertz CT molecular complexity index is 611. The maximum Gasteiger partial charge on any atom is 0.251 e. The SMILES string of the molecule is C=C(Br)CNC(=O)c1ccc(C)c(NS(C)(=O)=O)c1.